The average Bonchev–Trinajstić information content (AvgIpc) is 0.871. The molecule has 516 valence electrons. The molecule has 0 fully saturated rings. The predicted octanol–water partition coefficient (Wildman–Crippen LogP) is 14.7. The van der Waals surface area contributed by atoms with Crippen molar-refractivity contribution in [1.29, 1.82) is 10.5 Å². The molecule has 0 spiro atoms. The molecule has 106 heavy (non-hydrogen) atoms. The fourth-order valence-electron chi connectivity index (χ4n) is 16.3. The Hall–Kier alpha value is -10.7. The van der Waals surface area contributed by atoms with Crippen molar-refractivity contribution in [2.24, 2.45) is 0 Å². The highest BCUT2D eigenvalue weighted by Crippen LogP contribution is 2.51. The number of rotatable bonds is 9. The maximum atomic E-state index is 11.2. The minimum Gasteiger partial charge on any atom is -0.458 e. The molecule has 6 nitrogen and oxygen atoms in total. The molecule has 2 aliphatic heterocycles. The van der Waals surface area contributed by atoms with E-state index in [0.717, 1.165) is 125 Å². The average molecular weight is 1370 g/mol. The Labute approximate surface area is 633 Å². The third-order valence-corrected chi connectivity index (χ3v) is 23.1. The topological polar surface area (TPSA) is 68.2 Å². The van der Waals surface area contributed by atoms with Gasteiger partial charge in [0.25, 0.3) is 6.71 Å². The molecule has 0 radical (unpaired) electrons. The van der Waals surface area contributed by atoms with Crippen molar-refractivity contribution in [3.8, 4) is 62.7 Å². The number of nitriles is 2. The monoisotopic (exact) mass is 1370 g/mol. The zero-order chi connectivity index (χ0) is 75.2. The van der Waals surface area contributed by atoms with Crippen molar-refractivity contribution in [3.05, 3.63) is 267 Å². The SMILES string of the molecule is Bc1c(B)c(B)c(N(C2=CC=CCC2)c2ccc(C#N)cc2C2=C=C=C3B4c5ccc(-c6cc(-n7c8ccc(C(C)(C)C)cc8c8cc(C(C)(C)C)ccc87)ccc6C#N)cc5Oc5cc(-c6cc(C(C)(C)C)cc(C(C)(C)C)c6)cc(c54)N(c4ccc(C(C)(C)C)cc4-c4ccccc4)C3=C2)c(B)c1B. The van der Waals surface area contributed by atoms with Gasteiger partial charge in [-0.15, -0.1) is 5.46 Å². The highest BCUT2D eigenvalue weighted by Gasteiger charge is 2.46. The van der Waals surface area contributed by atoms with Crippen LogP contribution in [0.1, 0.15) is 161 Å². The van der Waals surface area contributed by atoms with Crippen LogP contribution >= 0.6 is 0 Å². The largest absolute Gasteiger partial charge is 0.458 e. The molecule has 11 aromatic rings. The van der Waals surface area contributed by atoms with E-state index in [1.165, 1.54) is 71.6 Å². The van der Waals surface area contributed by atoms with E-state index in [9.17, 15) is 10.5 Å². The van der Waals surface area contributed by atoms with Gasteiger partial charge in [-0.25, -0.2) is 0 Å². The number of hydrogen-bond acceptors (Lipinski definition) is 5. The summed E-state index contributed by atoms with van der Waals surface area (Å²) in [7, 11) is 11.3. The Kier molecular flexibility index (Phi) is 17.3. The molecular weight excluding hydrogens is 1280 g/mol. The highest BCUT2D eigenvalue weighted by molar-refractivity contribution is 6.94. The summed E-state index contributed by atoms with van der Waals surface area (Å²) >= 11 is 0. The smallest absolute Gasteiger partial charge is 0.266 e. The van der Waals surface area contributed by atoms with Crippen LogP contribution in [0.25, 0.3) is 66.4 Å². The third kappa shape index (κ3) is 12.3. The molecule has 0 saturated heterocycles. The van der Waals surface area contributed by atoms with Crippen LogP contribution in [0.5, 0.6) is 11.5 Å². The standard InChI is InChI=1S/C94H91B6N5O/c1-90(2,3)61-30-37-76(70(48-61)55-22-18-16-19-23-55)105-79-43-56(69-40-54(52-101)26-36-75(69)104(66-24-20-17-21-25-66)89-86(98)84(96)83(95)85(97)87(89)99)28-34-73(79)100-74-35-29-57(45-81(74)106-82-46-60(44-80(105)88(82)100)59-41-64(93(10,11)12)47-65(42-59)94(13,14)15)68-51-67(33-27-58(68)53-102)103-77-38-31-62(91(4,5)6)49-71(77)72-50-63(92(7,8)9)32-39-78(72)103/h16-20,22-24,26-27,29-33,35-51H,21,25,95-99H2,1-15H3. The lowest BCUT2D eigenvalue weighted by Crippen LogP contribution is -2.56. The lowest BCUT2D eigenvalue weighted by atomic mass is 9.33. The molecule has 12 heteroatoms. The van der Waals surface area contributed by atoms with Crippen LogP contribution in [0.4, 0.5) is 22.7 Å². The summed E-state index contributed by atoms with van der Waals surface area (Å²) in [6.45, 7) is 34.0. The van der Waals surface area contributed by atoms with Crippen LogP contribution in [-0.4, -0.2) is 50.5 Å². The quantitative estimate of drug-likeness (QED) is 0.106. The van der Waals surface area contributed by atoms with Gasteiger partial charge in [-0.2, -0.15) is 10.5 Å². The van der Waals surface area contributed by atoms with Crippen LogP contribution in [0, 0.1) is 22.7 Å². The van der Waals surface area contributed by atoms with Crippen LogP contribution in [0.2, 0.25) is 0 Å². The molecule has 4 aliphatic rings. The minimum absolute atomic E-state index is 0.0539. The second-order valence-corrected chi connectivity index (χ2v) is 35.2. The fraction of sp³-hybridized carbons (Fsp3) is 0.234. The van der Waals surface area contributed by atoms with Gasteiger partial charge in [-0.1, -0.05) is 228 Å². The normalized spacial score (nSPS) is 14.2. The van der Waals surface area contributed by atoms with Gasteiger partial charge in [-0.3, -0.25) is 0 Å². The first-order valence-corrected chi connectivity index (χ1v) is 37.8. The number of aromatic nitrogens is 1. The first-order valence-electron chi connectivity index (χ1n) is 37.8. The number of allylic oxidation sites excluding steroid dienone is 7. The Balaban J connectivity index is 1.02. The maximum Gasteiger partial charge on any atom is 0.266 e. The van der Waals surface area contributed by atoms with E-state index in [4.69, 9.17) is 4.74 Å². The van der Waals surface area contributed by atoms with Gasteiger partial charge in [0.05, 0.1) is 51.4 Å². The van der Waals surface area contributed by atoms with E-state index in [-0.39, 0.29) is 27.1 Å². The Morgan fingerprint density at radius 1 is 0.491 bits per heavy atom. The van der Waals surface area contributed by atoms with Gasteiger partial charge in [0, 0.05) is 61.3 Å². The molecule has 0 saturated carbocycles. The summed E-state index contributed by atoms with van der Waals surface area (Å²) in [6, 6.07) is 67.9. The van der Waals surface area contributed by atoms with Crippen LogP contribution in [0.3, 0.4) is 0 Å². The van der Waals surface area contributed by atoms with E-state index in [2.05, 4.69) is 363 Å². The molecule has 3 heterocycles. The summed E-state index contributed by atoms with van der Waals surface area (Å²) < 4.78 is 10.1. The summed E-state index contributed by atoms with van der Waals surface area (Å²) in [5.74, 6) is 1.45. The second-order valence-electron chi connectivity index (χ2n) is 35.2. The van der Waals surface area contributed by atoms with Crippen molar-refractivity contribution in [1.82, 2.24) is 4.57 Å². The highest BCUT2D eigenvalue weighted by atomic mass is 16.5. The van der Waals surface area contributed by atoms with Crippen molar-refractivity contribution in [2.45, 2.75) is 144 Å². The Morgan fingerprint density at radius 2 is 1.08 bits per heavy atom. The first kappa shape index (κ1) is 70.9. The number of fused-ring (bicyclic) bond motifs is 7. The van der Waals surface area contributed by atoms with Gasteiger partial charge < -0.3 is 19.1 Å². The fourth-order valence-corrected chi connectivity index (χ4v) is 16.3. The van der Waals surface area contributed by atoms with Gasteiger partial charge in [0.2, 0.25) is 0 Å². The van der Waals surface area contributed by atoms with Crippen LogP contribution in [0.15, 0.2) is 222 Å². The minimum atomic E-state index is -0.395. The maximum absolute atomic E-state index is 11.2. The predicted molar refractivity (Wildman–Crippen MR) is 465 cm³/mol. The van der Waals surface area contributed by atoms with E-state index < -0.39 is 6.71 Å². The number of benzene rings is 10. The summed E-state index contributed by atoms with van der Waals surface area (Å²) in [5, 5.41) is 24.7. The van der Waals surface area contributed by atoms with E-state index in [0.29, 0.717) is 16.9 Å². The van der Waals surface area contributed by atoms with E-state index in [1.54, 1.807) is 0 Å². The zero-order valence-corrected chi connectivity index (χ0v) is 65.6. The summed E-state index contributed by atoms with van der Waals surface area (Å²) in [5.41, 5.74) is 41.0. The zero-order valence-electron chi connectivity index (χ0n) is 65.6. The van der Waals surface area contributed by atoms with Gasteiger partial charge in [-0.05, 0) is 204 Å². The molecule has 15 rings (SSSR count). The van der Waals surface area contributed by atoms with Gasteiger partial charge >= 0.3 is 0 Å². The molecule has 0 bridgehead atoms. The summed E-state index contributed by atoms with van der Waals surface area (Å²) in [6.07, 6.45) is 10.8. The van der Waals surface area contributed by atoms with E-state index in [1.807, 2.05) is 12.1 Å². The molecular formula is C94H91B6N5O. The third-order valence-electron chi connectivity index (χ3n) is 23.1. The molecule has 0 atom stereocenters. The Bertz CT molecular complexity index is 5770. The molecule has 0 N–H and O–H groups in total. The molecule has 2 aliphatic carbocycles. The van der Waals surface area contributed by atoms with Crippen molar-refractivity contribution < 1.29 is 4.74 Å². The molecule has 0 unspecified atom stereocenters. The number of hydrogen-bond donors (Lipinski definition) is 0. The number of anilines is 4. The van der Waals surface area contributed by atoms with E-state index >= 15 is 0 Å². The molecule has 0 amide bonds. The van der Waals surface area contributed by atoms with Crippen molar-refractivity contribution in [2.75, 3.05) is 9.80 Å². The molecule has 10 aromatic carbocycles. The summed E-state index contributed by atoms with van der Waals surface area (Å²) in [4.78, 5) is 4.97. The van der Waals surface area contributed by atoms with Crippen molar-refractivity contribution >= 4 is 134 Å². The number of ether oxygens (including phenoxy) is 1. The van der Waals surface area contributed by atoms with Gasteiger partial charge in [0.1, 0.15) is 50.7 Å². The second kappa shape index (κ2) is 25.8. The Morgan fingerprint density at radius 3 is 1.68 bits per heavy atom. The number of nitrogens with zero attached hydrogens (tertiary/aromatic N) is 5. The first-order chi connectivity index (χ1) is 50.2. The lowest BCUT2D eigenvalue weighted by molar-refractivity contribution is 0.487. The lowest BCUT2D eigenvalue weighted by Gasteiger charge is -2.43. The van der Waals surface area contributed by atoms with Crippen LogP contribution in [-0.2, 0) is 27.1 Å². The van der Waals surface area contributed by atoms with Crippen molar-refractivity contribution in [3.63, 3.8) is 0 Å². The van der Waals surface area contributed by atoms with Gasteiger partial charge in [0.15, 0.2) is 0 Å². The van der Waals surface area contributed by atoms with Crippen LogP contribution < -0.4 is 52.8 Å². The molecule has 1 aromatic heterocycles.